The number of rotatable bonds is 4. The zero-order chi connectivity index (χ0) is 18.1. The van der Waals surface area contributed by atoms with E-state index in [2.05, 4.69) is 10.3 Å². The van der Waals surface area contributed by atoms with E-state index in [-0.39, 0.29) is 24.2 Å². The highest BCUT2D eigenvalue weighted by Gasteiger charge is 2.35. The summed E-state index contributed by atoms with van der Waals surface area (Å²) in [5, 5.41) is 3.58. The topological polar surface area (TPSA) is 71.5 Å². The minimum atomic E-state index is -0.366. The van der Waals surface area contributed by atoms with Crippen molar-refractivity contribution in [2.45, 2.75) is 32.1 Å². The van der Waals surface area contributed by atoms with E-state index in [1.54, 1.807) is 23.3 Å². The summed E-state index contributed by atoms with van der Waals surface area (Å²) in [5.41, 5.74) is 1.88. The van der Waals surface area contributed by atoms with Gasteiger partial charge in [-0.2, -0.15) is 0 Å². The summed E-state index contributed by atoms with van der Waals surface area (Å²) in [6.45, 7) is 0.378. The molecule has 26 heavy (non-hydrogen) atoms. The maximum Gasteiger partial charge on any atom is 0.231 e. The molecule has 6 nitrogen and oxygen atoms in total. The minimum absolute atomic E-state index is 0.0446. The predicted octanol–water partition coefficient (Wildman–Crippen LogP) is 3.02. The molecule has 1 unspecified atom stereocenters. The molecule has 2 amide bonds. The first-order chi connectivity index (χ1) is 12.6. The molecule has 1 aromatic carbocycles. The first-order valence-electron chi connectivity index (χ1n) is 8.88. The maximum absolute atomic E-state index is 12.6. The second kappa shape index (κ2) is 7.07. The van der Waals surface area contributed by atoms with E-state index in [1.807, 2.05) is 24.3 Å². The summed E-state index contributed by atoms with van der Waals surface area (Å²) < 4.78 is 5.22. The Morgan fingerprint density at radius 3 is 3.00 bits per heavy atom. The fourth-order valence-corrected chi connectivity index (χ4v) is 4.58. The number of methoxy groups -OCH3 is 1. The van der Waals surface area contributed by atoms with Crippen molar-refractivity contribution in [1.29, 1.82) is 0 Å². The lowest BCUT2D eigenvalue weighted by atomic mass is 10.0. The number of ether oxygens (including phenoxy) is 1. The van der Waals surface area contributed by atoms with Crippen molar-refractivity contribution in [1.82, 2.24) is 4.98 Å². The SMILES string of the molecule is COc1cccc(N2CC(C(=O)Nc3nc4c(s3)CCCC4)CC2=O)c1. The van der Waals surface area contributed by atoms with Gasteiger partial charge >= 0.3 is 0 Å². The summed E-state index contributed by atoms with van der Waals surface area (Å²) in [7, 11) is 1.59. The zero-order valence-corrected chi connectivity index (χ0v) is 15.5. The van der Waals surface area contributed by atoms with Crippen LogP contribution in [0.3, 0.4) is 0 Å². The van der Waals surface area contributed by atoms with Gasteiger partial charge < -0.3 is 15.0 Å². The van der Waals surface area contributed by atoms with Crippen LogP contribution in [0, 0.1) is 5.92 Å². The van der Waals surface area contributed by atoms with E-state index < -0.39 is 0 Å². The summed E-state index contributed by atoms with van der Waals surface area (Å²) in [5.74, 6) is 0.151. The highest BCUT2D eigenvalue weighted by atomic mass is 32.1. The van der Waals surface area contributed by atoms with Crippen LogP contribution in [0.5, 0.6) is 5.75 Å². The predicted molar refractivity (Wildman–Crippen MR) is 101 cm³/mol. The molecule has 2 aliphatic rings. The second-order valence-corrected chi connectivity index (χ2v) is 7.78. The standard InChI is InChI=1S/C19H21N3O3S/c1-25-14-6-4-5-13(10-14)22-11-12(9-17(22)23)18(24)21-19-20-15-7-2-3-8-16(15)26-19/h4-6,10,12H,2-3,7-9,11H2,1H3,(H,20,21,24). The molecule has 1 atom stereocenters. The third kappa shape index (κ3) is 3.31. The highest BCUT2D eigenvalue weighted by Crippen LogP contribution is 2.31. The number of benzene rings is 1. The molecule has 0 saturated carbocycles. The number of carbonyl (C=O) groups is 2. The van der Waals surface area contributed by atoms with Crippen LogP contribution >= 0.6 is 11.3 Å². The van der Waals surface area contributed by atoms with Crippen LogP contribution in [-0.2, 0) is 22.4 Å². The van der Waals surface area contributed by atoms with Crippen LogP contribution in [0.25, 0.3) is 0 Å². The van der Waals surface area contributed by atoms with Gasteiger partial charge in [-0.3, -0.25) is 9.59 Å². The Morgan fingerprint density at radius 2 is 2.19 bits per heavy atom. The minimum Gasteiger partial charge on any atom is -0.497 e. The number of aromatic nitrogens is 1. The van der Waals surface area contributed by atoms with Gasteiger partial charge in [-0.1, -0.05) is 6.07 Å². The third-order valence-corrected chi connectivity index (χ3v) is 6.01. The Hall–Kier alpha value is -2.41. The Bertz CT molecular complexity index is 825. The molecule has 0 spiro atoms. The number of aryl methyl sites for hydroxylation is 2. The van der Waals surface area contributed by atoms with Crippen LogP contribution in [0.4, 0.5) is 10.8 Å². The van der Waals surface area contributed by atoms with E-state index in [0.29, 0.717) is 17.4 Å². The number of fused-ring (bicyclic) bond motifs is 1. The van der Waals surface area contributed by atoms with Crippen molar-refractivity contribution in [2.75, 3.05) is 23.9 Å². The summed E-state index contributed by atoms with van der Waals surface area (Å²) >= 11 is 1.57. The van der Waals surface area contributed by atoms with Gasteiger partial charge in [-0.05, 0) is 37.8 Å². The van der Waals surface area contributed by atoms with Crippen molar-refractivity contribution in [2.24, 2.45) is 5.92 Å². The zero-order valence-electron chi connectivity index (χ0n) is 14.7. The molecule has 1 aliphatic heterocycles. The van der Waals surface area contributed by atoms with Crippen molar-refractivity contribution >= 4 is 34.0 Å². The quantitative estimate of drug-likeness (QED) is 0.897. The van der Waals surface area contributed by atoms with Crippen LogP contribution in [-0.4, -0.2) is 30.5 Å². The number of hydrogen-bond acceptors (Lipinski definition) is 5. The van der Waals surface area contributed by atoms with Crippen molar-refractivity contribution in [3.63, 3.8) is 0 Å². The molecule has 1 aliphatic carbocycles. The number of anilines is 2. The van der Waals surface area contributed by atoms with E-state index >= 15 is 0 Å². The van der Waals surface area contributed by atoms with E-state index in [4.69, 9.17) is 4.74 Å². The van der Waals surface area contributed by atoms with E-state index in [9.17, 15) is 9.59 Å². The van der Waals surface area contributed by atoms with E-state index in [0.717, 1.165) is 30.6 Å². The Balaban J connectivity index is 1.44. The molecule has 2 heterocycles. The lowest BCUT2D eigenvalue weighted by Gasteiger charge is -2.17. The molecular formula is C19H21N3O3S. The summed E-state index contributed by atoms with van der Waals surface area (Å²) in [4.78, 5) is 32.5. The van der Waals surface area contributed by atoms with Gasteiger partial charge in [0.1, 0.15) is 5.75 Å². The molecule has 1 fully saturated rings. The number of nitrogens with one attached hydrogen (secondary N) is 1. The smallest absolute Gasteiger partial charge is 0.231 e. The van der Waals surface area contributed by atoms with Crippen molar-refractivity contribution in [3.8, 4) is 5.75 Å². The van der Waals surface area contributed by atoms with Crippen LogP contribution in [0.15, 0.2) is 24.3 Å². The van der Waals surface area contributed by atoms with Gasteiger partial charge in [0, 0.05) is 29.6 Å². The molecule has 0 bridgehead atoms. The lowest BCUT2D eigenvalue weighted by Crippen LogP contribution is -2.28. The van der Waals surface area contributed by atoms with Crippen molar-refractivity contribution < 1.29 is 14.3 Å². The van der Waals surface area contributed by atoms with Crippen LogP contribution in [0.2, 0.25) is 0 Å². The number of carbonyl (C=O) groups excluding carboxylic acids is 2. The molecule has 1 aromatic heterocycles. The average molecular weight is 371 g/mol. The van der Waals surface area contributed by atoms with Crippen molar-refractivity contribution in [3.05, 3.63) is 34.8 Å². The molecule has 1 N–H and O–H groups in total. The monoisotopic (exact) mass is 371 g/mol. The largest absolute Gasteiger partial charge is 0.497 e. The fourth-order valence-electron chi connectivity index (χ4n) is 3.52. The average Bonchev–Trinajstić information content (AvgIpc) is 3.24. The lowest BCUT2D eigenvalue weighted by molar-refractivity contribution is -0.122. The maximum atomic E-state index is 12.6. The normalized spacial score (nSPS) is 19.3. The van der Waals surface area contributed by atoms with Gasteiger partial charge in [-0.25, -0.2) is 4.98 Å². The molecular weight excluding hydrogens is 350 g/mol. The second-order valence-electron chi connectivity index (χ2n) is 6.69. The summed E-state index contributed by atoms with van der Waals surface area (Å²) in [6, 6.07) is 7.34. The molecule has 1 saturated heterocycles. The number of amides is 2. The molecule has 4 rings (SSSR count). The number of hydrogen-bond donors (Lipinski definition) is 1. The third-order valence-electron chi connectivity index (χ3n) is 4.94. The first kappa shape index (κ1) is 17.0. The molecule has 0 radical (unpaired) electrons. The molecule has 7 heteroatoms. The van der Waals surface area contributed by atoms with Crippen LogP contribution in [0.1, 0.15) is 29.8 Å². The van der Waals surface area contributed by atoms with Gasteiger partial charge in [0.25, 0.3) is 0 Å². The molecule has 136 valence electrons. The van der Waals surface area contributed by atoms with E-state index in [1.165, 1.54) is 11.3 Å². The fraction of sp³-hybridized carbons (Fsp3) is 0.421. The van der Waals surface area contributed by atoms with Gasteiger partial charge in [-0.15, -0.1) is 11.3 Å². The Morgan fingerprint density at radius 1 is 1.35 bits per heavy atom. The number of nitrogens with zero attached hydrogens (tertiary/aromatic N) is 2. The van der Waals surface area contributed by atoms with Gasteiger partial charge in [0.05, 0.1) is 18.7 Å². The van der Waals surface area contributed by atoms with Crippen LogP contribution < -0.4 is 15.0 Å². The summed E-state index contributed by atoms with van der Waals surface area (Å²) in [6.07, 6.45) is 4.61. The Kier molecular flexibility index (Phi) is 4.63. The Labute approximate surface area is 156 Å². The highest BCUT2D eigenvalue weighted by molar-refractivity contribution is 7.15. The van der Waals surface area contributed by atoms with Gasteiger partial charge in [0.15, 0.2) is 5.13 Å². The molecule has 2 aromatic rings. The van der Waals surface area contributed by atoms with Gasteiger partial charge in [0.2, 0.25) is 11.8 Å². The first-order valence-corrected chi connectivity index (χ1v) is 9.69. The number of thiazole rings is 1.